The summed E-state index contributed by atoms with van der Waals surface area (Å²) in [5, 5.41) is 14.1. The fraction of sp³-hybridized carbons (Fsp3) is 0.111. The molecule has 0 bridgehead atoms. The summed E-state index contributed by atoms with van der Waals surface area (Å²) < 4.78 is 10.9. The molecule has 0 aliphatic rings. The van der Waals surface area contributed by atoms with Crippen molar-refractivity contribution in [1.29, 1.82) is 0 Å². The zero-order valence-corrected chi connectivity index (χ0v) is 14.7. The molecular weight excluding hydrogens is 374 g/mol. The van der Waals surface area contributed by atoms with Gasteiger partial charge in [-0.05, 0) is 58.4 Å². The summed E-state index contributed by atoms with van der Waals surface area (Å²) in [7, 11) is 0. The van der Waals surface area contributed by atoms with E-state index in [1.807, 2.05) is 12.1 Å². The smallest absolute Gasteiger partial charge is 0.406 e. The van der Waals surface area contributed by atoms with Crippen LogP contribution >= 0.6 is 11.6 Å². The number of nitrogens with zero attached hydrogens (tertiary/aromatic N) is 2. The van der Waals surface area contributed by atoms with E-state index in [1.54, 1.807) is 24.3 Å². The van der Waals surface area contributed by atoms with Gasteiger partial charge in [-0.3, -0.25) is 4.79 Å². The van der Waals surface area contributed by atoms with Crippen molar-refractivity contribution in [3.05, 3.63) is 75.6 Å². The second kappa shape index (κ2) is 8.33. The average Bonchev–Trinajstić information content (AvgIpc) is 3.14. The topological polar surface area (TPSA) is 108 Å². The van der Waals surface area contributed by atoms with Gasteiger partial charge in [0.25, 0.3) is 5.91 Å². The number of ether oxygens (including phenoxy) is 1. The van der Waals surface area contributed by atoms with Crippen LogP contribution in [0.4, 0.5) is 5.82 Å². The maximum absolute atomic E-state index is 11.9. The SMILES string of the molecule is O=C(COc1cccnc1[N+](=O)[O-])NCc1ccc(-c2ccc(Cl)cc2)o1. The molecule has 1 amide bonds. The van der Waals surface area contributed by atoms with Crippen LogP contribution in [0.1, 0.15) is 5.76 Å². The van der Waals surface area contributed by atoms with Gasteiger partial charge < -0.3 is 24.6 Å². The average molecular weight is 388 g/mol. The molecule has 138 valence electrons. The second-order valence-corrected chi connectivity index (χ2v) is 5.86. The normalized spacial score (nSPS) is 10.4. The van der Waals surface area contributed by atoms with Crippen LogP contribution in [0, 0.1) is 10.1 Å². The van der Waals surface area contributed by atoms with Crippen molar-refractivity contribution < 1.29 is 18.9 Å². The maximum Gasteiger partial charge on any atom is 0.406 e. The number of halogens is 1. The Balaban J connectivity index is 1.53. The van der Waals surface area contributed by atoms with E-state index in [0.717, 1.165) is 5.56 Å². The van der Waals surface area contributed by atoms with Gasteiger partial charge in [-0.15, -0.1) is 0 Å². The summed E-state index contributed by atoms with van der Waals surface area (Å²) in [4.78, 5) is 25.7. The molecule has 0 spiro atoms. The lowest BCUT2D eigenvalue weighted by Crippen LogP contribution is -2.28. The fourth-order valence-corrected chi connectivity index (χ4v) is 2.38. The summed E-state index contributed by atoms with van der Waals surface area (Å²) in [6.07, 6.45) is 1.28. The Kier molecular flexibility index (Phi) is 5.68. The number of pyridine rings is 1. The molecule has 1 aromatic carbocycles. The van der Waals surface area contributed by atoms with Crippen LogP contribution in [0.15, 0.2) is 59.1 Å². The van der Waals surface area contributed by atoms with Gasteiger partial charge in [0.2, 0.25) is 5.75 Å². The van der Waals surface area contributed by atoms with Crippen molar-refractivity contribution in [2.24, 2.45) is 0 Å². The highest BCUT2D eigenvalue weighted by atomic mass is 35.5. The lowest BCUT2D eigenvalue weighted by atomic mass is 10.2. The van der Waals surface area contributed by atoms with Crippen LogP contribution in [0.2, 0.25) is 5.02 Å². The zero-order chi connectivity index (χ0) is 19.2. The van der Waals surface area contributed by atoms with E-state index in [1.165, 1.54) is 18.3 Å². The second-order valence-electron chi connectivity index (χ2n) is 5.42. The molecule has 2 aromatic heterocycles. The number of carbonyl (C=O) groups is 1. The first-order chi connectivity index (χ1) is 13.0. The van der Waals surface area contributed by atoms with Crippen molar-refractivity contribution in [2.45, 2.75) is 6.54 Å². The Labute approximate surface area is 158 Å². The number of furan rings is 1. The molecule has 3 aromatic rings. The molecule has 0 aliphatic carbocycles. The Morgan fingerprint density at radius 1 is 1.22 bits per heavy atom. The predicted molar refractivity (Wildman–Crippen MR) is 97.4 cm³/mol. The monoisotopic (exact) mass is 387 g/mol. The minimum absolute atomic E-state index is 0.0688. The molecule has 0 aliphatic heterocycles. The Hall–Kier alpha value is -3.39. The fourth-order valence-electron chi connectivity index (χ4n) is 2.25. The number of aromatic nitrogens is 1. The number of nitro groups is 1. The molecule has 0 unspecified atom stereocenters. The Morgan fingerprint density at radius 3 is 2.74 bits per heavy atom. The third-order valence-electron chi connectivity index (χ3n) is 3.53. The summed E-state index contributed by atoms with van der Waals surface area (Å²) in [6, 6.07) is 13.6. The van der Waals surface area contributed by atoms with Gasteiger partial charge in [0.05, 0.1) is 6.54 Å². The van der Waals surface area contributed by atoms with Crippen LogP contribution in [-0.2, 0) is 11.3 Å². The van der Waals surface area contributed by atoms with Crippen LogP contribution in [0.5, 0.6) is 5.75 Å². The Morgan fingerprint density at radius 2 is 2.00 bits per heavy atom. The molecule has 0 atom stereocenters. The molecule has 27 heavy (non-hydrogen) atoms. The lowest BCUT2D eigenvalue weighted by Gasteiger charge is -2.06. The molecule has 9 heteroatoms. The van der Waals surface area contributed by atoms with Gasteiger partial charge in [0.15, 0.2) is 6.61 Å². The van der Waals surface area contributed by atoms with E-state index in [0.29, 0.717) is 16.5 Å². The van der Waals surface area contributed by atoms with Gasteiger partial charge in [-0.1, -0.05) is 11.6 Å². The minimum atomic E-state index is -0.672. The first kappa shape index (κ1) is 18.4. The number of benzene rings is 1. The molecule has 0 saturated carbocycles. The maximum atomic E-state index is 11.9. The molecule has 0 fully saturated rings. The highest BCUT2D eigenvalue weighted by Gasteiger charge is 2.16. The van der Waals surface area contributed by atoms with Crippen molar-refractivity contribution in [2.75, 3.05) is 6.61 Å². The number of hydrogen-bond acceptors (Lipinski definition) is 6. The molecule has 8 nitrogen and oxygen atoms in total. The standard InChI is InChI=1S/C18H14ClN3O5/c19-13-5-3-12(4-6-13)15-8-7-14(27-15)10-21-17(23)11-26-16-2-1-9-20-18(16)22(24)25/h1-9H,10-11H2,(H,21,23). The molecule has 2 heterocycles. The Bertz CT molecular complexity index is 956. The van der Waals surface area contributed by atoms with Crippen molar-refractivity contribution in [3.8, 4) is 17.1 Å². The van der Waals surface area contributed by atoms with Gasteiger partial charge in [-0.25, -0.2) is 0 Å². The number of rotatable bonds is 7. The van der Waals surface area contributed by atoms with E-state index in [2.05, 4.69) is 10.3 Å². The summed E-state index contributed by atoms with van der Waals surface area (Å²) in [5.74, 6) is 0.251. The van der Waals surface area contributed by atoms with Crippen molar-refractivity contribution >= 4 is 23.3 Å². The highest BCUT2D eigenvalue weighted by Crippen LogP contribution is 2.24. The summed E-state index contributed by atoms with van der Waals surface area (Å²) >= 11 is 5.86. The third-order valence-corrected chi connectivity index (χ3v) is 3.78. The van der Waals surface area contributed by atoms with Crippen LogP contribution in [0.3, 0.4) is 0 Å². The van der Waals surface area contributed by atoms with E-state index < -0.39 is 16.6 Å². The minimum Gasteiger partial charge on any atom is -0.476 e. The predicted octanol–water partition coefficient (Wildman–Crippen LogP) is 3.60. The number of nitrogens with one attached hydrogen (secondary N) is 1. The number of amides is 1. The van der Waals surface area contributed by atoms with Crippen LogP contribution in [0.25, 0.3) is 11.3 Å². The van der Waals surface area contributed by atoms with Gasteiger partial charge in [0, 0.05) is 10.6 Å². The van der Waals surface area contributed by atoms with E-state index in [9.17, 15) is 14.9 Å². The third kappa shape index (κ3) is 4.83. The van der Waals surface area contributed by atoms with Gasteiger partial charge in [0.1, 0.15) is 17.7 Å². The molecule has 0 radical (unpaired) electrons. The molecular formula is C18H14ClN3O5. The largest absolute Gasteiger partial charge is 0.476 e. The van der Waals surface area contributed by atoms with Crippen molar-refractivity contribution in [1.82, 2.24) is 10.3 Å². The van der Waals surface area contributed by atoms with Crippen LogP contribution in [-0.4, -0.2) is 22.4 Å². The number of hydrogen-bond donors (Lipinski definition) is 1. The first-order valence-corrected chi connectivity index (χ1v) is 8.24. The summed E-state index contributed by atoms with van der Waals surface area (Å²) in [5.41, 5.74) is 0.865. The van der Waals surface area contributed by atoms with E-state index in [4.69, 9.17) is 20.8 Å². The van der Waals surface area contributed by atoms with E-state index in [-0.39, 0.29) is 18.9 Å². The molecule has 3 rings (SSSR count). The van der Waals surface area contributed by atoms with E-state index >= 15 is 0 Å². The van der Waals surface area contributed by atoms with Crippen molar-refractivity contribution in [3.63, 3.8) is 0 Å². The molecule has 0 saturated heterocycles. The highest BCUT2D eigenvalue weighted by molar-refractivity contribution is 6.30. The lowest BCUT2D eigenvalue weighted by molar-refractivity contribution is -0.390. The quantitative estimate of drug-likeness (QED) is 0.490. The molecule has 1 N–H and O–H groups in total. The first-order valence-electron chi connectivity index (χ1n) is 7.86. The summed E-state index contributed by atoms with van der Waals surface area (Å²) in [6.45, 7) is -0.220. The number of carbonyl (C=O) groups excluding carboxylic acids is 1. The van der Waals surface area contributed by atoms with Crippen LogP contribution < -0.4 is 10.1 Å². The zero-order valence-electron chi connectivity index (χ0n) is 13.9. The van der Waals surface area contributed by atoms with Gasteiger partial charge >= 0.3 is 5.82 Å². The van der Waals surface area contributed by atoms with Gasteiger partial charge in [-0.2, -0.15) is 0 Å².